The van der Waals surface area contributed by atoms with Gasteiger partial charge in [-0.25, -0.2) is 5.32 Å². The largest absolute Gasteiger partial charge is 0.238 e. The molecule has 17 heavy (non-hydrogen) atoms. The van der Waals surface area contributed by atoms with Crippen molar-refractivity contribution in [3.05, 3.63) is 0 Å². The second-order valence-corrected chi connectivity index (χ2v) is 5.80. The molecule has 0 aromatic heterocycles. The van der Waals surface area contributed by atoms with Crippen LogP contribution >= 0.6 is 0 Å². The van der Waals surface area contributed by atoms with Crippen LogP contribution in [0.25, 0.3) is 0 Å². The highest BCUT2D eigenvalue weighted by molar-refractivity contribution is 4.75. The summed E-state index contributed by atoms with van der Waals surface area (Å²) in [6, 6.07) is 0.690. The second kappa shape index (κ2) is 9.94. The zero-order chi connectivity index (χ0) is 12.3. The zero-order valence-electron chi connectivity index (χ0n) is 12.1. The Balaban J connectivity index is 2.16. The fraction of sp³-hybridized carbons (Fsp3) is 1.00. The minimum absolute atomic E-state index is 0.690. The van der Waals surface area contributed by atoms with Crippen molar-refractivity contribution in [3.63, 3.8) is 0 Å². The third-order valence-corrected chi connectivity index (χ3v) is 4.08. The first-order valence-electron chi connectivity index (χ1n) is 8.03. The Kier molecular flexibility index (Phi) is 8.78. The summed E-state index contributed by atoms with van der Waals surface area (Å²) >= 11 is 0. The van der Waals surface area contributed by atoms with E-state index in [0.717, 1.165) is 12.5 Å². The molecule has 0 heterocycles. The lowest BCUT2D eigenvalue weighted by Gasteiger charge is -2.20. The van der Waals surface area contributed by atoms with Gasteiger partial charge in [0.05, 0.1) is 0 Å². The van der Waals surface area contributed by atoms with Crippen molar-refractivity contribution in [3.8, 4) is 0 Å². The number of rotatable bonds is 10. The lowest BCUT2D eigenvalue weighted by atomic mass is 9.94. The van der Waals surface area contributed by atoms with E-state index >= 15 is 0 Å². The lowest BCUT2D eigenvalue weighted by Crippen LogP contribution is -2.25. The monoisotopic (exact) mass is 238 g/mol. The molecule has 0 aliphatic heterocycles. The Hall–Kier alpha value is -0.0400. The molecule has 1 nitrogen and oxygen atoms in total. The third kappa shape index (κ3) is 7.08. The number of unbranched alkanes of at least 4 members (excludes halogenated alkanes) is 3. The van der Waals surface area contributed by atoms with E-state index in [1.807, 2.05) is 0 Å². The van der Waals surface area contributed by atoms with Crippen molar-refractivity contribution in [2.24, 2.45) is 5.92 Å². The molecule has 0 spiro atoms. The molecule has 0 aromatic carbocycles. The molecule has 1 saturated carbocycles. The summed E-state index contributed by atoms with van der Waals surface area (Å²) in [6.45, 7) is 5.62. The first-order valence-corrected chi connectivity index (χ1v) is 8.03. The molecule has 1 unspecified atom stereocenters. The van der Waals surface area contributed by atoms with Gasteiger partial charge in [-0.3, -0.25) is 0 Å². The van der Waals surface area contributed by atoms with Crippen LogP contribution in [0.5, 0.6) is 0 Å². The Morgan fingerprint density at radius 1 is 1.00 bits per heavy atom. The molecular weight excluding hydrogens is 206 g/mol. The van der Waals surface area contributed by atoms with Crippen LogP contribution in [0.15, 0.2) is 0 Å². The van der Waals surface area contributed by atoms with Gasteiger partial charge in [0.25, 0.3) is 0 Å². The van der Waals surface area contributed by atoms with Gasteiger partial charge in [-0.05, 0) is 25.2 Å². The highest BCUT2D eigenvalue weighted by atomic mass is 14.9. The minimum atomic E-state index is 0.690. The maximum atomic E-state index is 4.90. The van der Waals surface area contributed by atoms with Gasteiger partial charge >= 0.3 is 0 Å². The maximum Gasteiger partial charge on any atom is 0.0248 e. The molecule has 1 aliphatic rings. The topological polar surface area (TPSA) is 14.1 Å². The fourth-order valence-corrected chi connectivity index (χ4v) is 3.03. The smallest absolute Gasteiger partial charge is 0.0248 e. The molecule has 0 N–H and O–H groups in total. The average Bonchev–Trinajstić information content (AvgIpc) is 2.84. The van der Waals surface area contributed by atoms with Crippen LogP contribution in [0.1, 0.15) is 84.5 Å². The molecule has 0 bridgehead atoms. The Morgan fingerprint density at radius 2 is 1.76 bits per heavy atom. The summed E-state index contributed by atoms with van der Waals surface area (Å²) in [5.74, 6) is 1.01. The predicted octanol–water partition coefficient (Wildman–Crippen LogP) is 4.92. The molecule has 1 fully saturated rings. The van der Waals surface area contributed by atoms with E-state index in [9.17, 15) is 0 Å². The van der Waals surface area contributed by atoms with E-state index < -0.39 is 0 Å². The van der Waals surface area contributed by atoms with Crippen LogP contribution in [-0.2, 0) is 0 Å². The molecule has 1 aliphatic carbocycles. The van der Waals surface area contributed by atoms with Gasteiger partial charge in [0.1, 0.15) is 0 Å². The van der Waals surface area contributed by atoms with E-state index in [4.69, 9.17) is 5.32 Å². The maximum absolute atomic E-state index is 4.90. The van der Waals surface area contributed by atoms with Crippen LogP contribution in [0.2, 0.25) is 0 Å². The van der Waals surface area contributed by atoms with E-state index in [1.165, 1.54) is 70.6 Å². The SMILES string of the molecule is CCCCCCC(CC1CCCC1)[N]CCC. The predicted molar refractivity (Wildman–Crippen MR) is 76.4 cm³/mol. The quantitative estimate of drug-likeness (QED) is 0.480. The standard InChI is InChI=1S/C16H32N/c1-3-5-6-7-12-16(17-13-4-2)14-15-10-8-9-11-15/h15-16H,3-14H2,1-2H3. The van der Waals surface area contributed by atoms with Gasteiger partial charge in [-0.15, -0.1) is 0 Å². The van der Waals surface area contributed by atoms with E-state index in [0.29, 0.717) is 6.04 Å². The van der Waals surface area contributed by atoms with Crippen LogP contribution in [0.4, 0.5) is 0 Å². The summed E-state index contributed by atoms with van der Waals surface area (Å²) in [7, 11) is 0. The summed E-state index contributed by atoms with van der Waals surface area (Å²) in [5.41, 5.74) is 0. The Bertz CT molecular complexity index is 161. The van der Waals surface area contributed by atoms with E-state index in [-0.39, 0.29) is 0 Å². The number of hydrogen-bond acceptors (Lipinski definition) is 0. The molecule has 0 aromatic rings. The van der Waals surface area contributed by atoms with Crippen molar-refractivity contribution in [1.82, 2.24) is 5.32 Å². The van der Waals surface area contributed by atoms with Gasteiger partial charge in [0, 0.05) is 12.6 Å². The Labute approximate surface area is 109 Å². The van der Waals surface area contributed by atoms with Crippen LogP contribution in [0.3, 0.4) is 0 Å². The number of nitrogens with zero attached hydrogens (tertiary/aromatic N) is 1. The van der Waals surface area contributed by atoms with Crippen molar-refractivity contribution in [1.29, 1.82) is 0 Å². The molecule has 0 saturated heterocycles. The fourth-order valence-electron chi connectivity index (χ4n) is 3.03. The molecule has 1 rings (SSSR count). The summed E-state index contributed by atoms with van der Waals surface area (Å²) in [6.07, 6.45) is 15.4. The van der Waals surface area contributed by atoms with Gasteiger partial charge in [-0.1, -0.05) is 65.2 Å². The van der Waals surface area contributed by atoms with Crippen LogP contribution in [-0.4, -0.2) is 12.6 Å². The van der Waals surface area contributed by atoms with Crippen LogP contribution < -0.4 is 5.32 Å². The molecule has 101 valence electrons. The first-order chi connectivity index (χ1) is 8.36. The van der Waals surface area contributed by atoms with Gasteiger partial charge in [0.2, 0.25) is 0 Å². The van der Waals surface area contributed by atoms with Crippen LogP contribution in [0, 0.1) is 5.92 Å². The van der Waals surface area contributed by atoms with E-state index in [2.05, 4.69) is 13.8 Å². The summed E-state index contributed by atoms with van der Waals surface area (Å²) < 4.78 is 0. The summed E-state index contributed by atoms with van der Waals surface area (Å²) in [4.78, 5) is 0. The van der Waals surface area contributed by atoms with Crippen molar-refractivity contribution >= 4 is 0 Å². The third-order valence-electron chi connectivity index (χ3n) is 4.08. The Morgan fingerprint density at radius 3 is 2.41 bits per heavy atom. The van der Waals surface area contributed by atoms with Gasteiger partial charge in [-0.2, -0.15) is 0 Å². The van der Waals surface area contributed by atoms with Gasteiger partial charge < -0.3 is 0 Å². The lowest BCUT2D eigenvalue weighted by molar-refractivity contribution is 0.356. The molecule has 0 amide bonds. The normalized spacial score (nSPS) is 18.7. The van der Waals surface area contributed by atoms with Gasteiger partial charge in [0.15, 0.2) is 0 Å². The molecule has 1 atom stereocenters. The second-order valence-electron chi connectivity index (χ2n) is 5.80. The van der Waals surface area contributed by atoms with Crippen molar-refractivity contribution in [2.75, 3.05) is 6.54 Å². The zero-order valence-corrected chi connectivity index (χ0v) is 12.1. The highest BCUT2D eigenvalue weighted by Gasteiger charge is 2.20. The summed E-state index contributed by atoms with van der Waals surface area (Å²) in [5, 5.41) is 4.90. The molecule has 1 radical (unpaired) electrons. The highest BCUT2D eigenvalue weighted by Crippen LogP contribution is 2.29. The average molecular weight is 238 g/mol. The van der Waals surface area contributed by atoms with E-state index in [1.54, 1.807) is 0 Å². The molecule has 1 heteroatoms. The number of hydrogen-bond donors (Lipinski definition) is 0. The molecular formula is C16H32N. The minimum Gasteiger partial charge on any atom is -0.238 e. The van der Waals surface area contributed by atoms with Crippen molar-refractivity contribution in [2.45, 2.75) is 90.5 Å². The van der Waals surface area contributed by atoms with Crippen molar-refractivity contribution < 1.29 is 0 Å². The first kappa shape index (κ1) is 15.0.